The Balaban J connectivity index is 2.23. The summed E-state index contributed by atoms with van der Waals surface area (Å²) in [5.74, 6) is 1.09. The van der Waals surface area contributed by atoms with Gasteiger partial charge in [-0.15, -0.1) is 0 Å². The number of methoxy groups -OCH3 is 1. The van der Waals surface area contributed by atoms with Crippen LogP contribution in [0.15, 0.2) is 54.6 Å². The number of hydrogen-bond donors (Lipinski definition) is 1. The lowest BCUT2D eigenvalue weighted by Crippen LogP contribution is -2.07. The molecule has 0 aliphatic rings. The van der Waals surface area contributed by atoms with E-state index in [9.17, 15) is 5.11 Å². The van der Waals surface area contributed by atoms with Gasteiger partial charge in [-0.05, 0) is 72.2 Å². The van der Waals surface area contributed by atoms with E-state index in [2.05, 4.69) is 82.3 Å². The van der Waals surface area contributed by atoms with Gasteiger partial charge in [0.05, 0.1) is 13.7 Å². The van der Waals surface area contributed by atoms with Crippen molar-refractivity contribution < 1.29 is 9.84 Å². The number of benzene rings is 3. The topological polar surface area (TPSA) is 29.5 Å². The molecule has 140 valence electrons. The van der Waals surface area contributed by atoms with Crippen LogP contribution in [-0.4, -0.2) is 12.2 Å². The first-order chi connectivity index (χ1) is 13.0. The van der Waals surface area contributed by atoms with E-state index in [0.29, 0.717) is 0 Å². The molecule has 0 aromatic heterocycles. The van der Waals surface area contributed by atoms with Crippen LogP contribution < -0.4 is 4.74 Å². The monoisotopic (exact) mass is 360 g/mol. The van der Waals surface area contributed by atoms with Crippen molar-refractivity contribution in [2.75, 3.05) is 7.11 Å². The second-order valence-electron chi connectivity index (χ2n) is 7.32. The van der Waals surface area contributed by atoms with Gasteiger partial charge in [0.15, 0.2) is 0 Å². The number of ether oxygens (including phenoxy) is 1. The molecule has 2 nitrogen and oxygen atoms in total. The minimum Gasteiger partial charge on any atom is -0.496 e. The quantitative estimate of drug-likeness (QED) is 0.600. The molecule has 1 atom stereocenters. The summed E-state index contributed by atoms with van der Waals surface area (Å²) < 4.78 is 5.56. The normalized spacial score (nSPS) is 12.1. The van der Waals surface area contributed by atoms with Gasteiger partial charge in [-0.3, -0.25) is 0 Å². The Morgan fingerprint density at radius 1 is 0.741 bits per heavy atom. The molecule has 0 amide bonds. The second-order valence-corrected chi connectivity index (χ2v) is 7.32. The number of hydrogen-bond acceptors (Lipinski definition) is 2. The molecule has 3 rings (SSSR count). The third-order valence-corrected chi connectivity index (χ3v) is 5.36. The molecule has 0 heterocycles. The van der Waals surface area contributed by atoms with Crippen LogP contribution in [0.3, 0.4) is 0 Å². The van der Waals surface area contributed by atoms with Crippen molar-refractivity contribution in [3.63, 3.8) is 0 Å². The molecule has 0 radical (unpaired) electrons. The van der Waals surface area contributed by atoms with E-state index in [1.807, 2.05) is 0 Å². The summed E-state index contributed by atoms with van der Waals surface area (Å²) in [6.07, 6.45) is 0. The Bertz CT molecular complexity index is 836. The highest BCUT2D eigenvalue weighted by Gasteiger charge is 2.20. The van der Waals surface area contributed by atoms with Crippen molar-refractivity contribution in [1.29, 1.82) is 0 Å². The molecular weight excluding hydrogens is 332 g/mol. The molecule has 0 saturated heterocycles. The summed E-state index contributed by atoms with van der Waals surface area (Å²) in [6.45, 7) is 8.43. The smallest absolute Gasteiger partial charge is 0.124 e. The van der Waals surface area contributed by atoms with Crippen LogP contribution in [-0.2, 0) is 6.61 Å². The Morgan fingerprint density at radius 2 is 1.22 bits per heavy atom. The number of aliphatic hydroxyl groups is 1. The van der Waals surface area contributed by atoms with Crippen LogP contribution >= 0.6 is 0 Å². The van der Waals surface area contributed by atoms with E-state index >= 15 is 0 Å². The average molecular weight is 360 g/mol. The molecule has 27 heavy (non-hydrogen) atoms. The van der Waals surface area contributed by atoms with E-state index in [1.54, 1.807) is 7.11 Å². The Labute approximate surface area is 162 Å². The van der Waals surface area contributed by atoms with Gasteiger partial charge in [0, 0.05) is 5.92 Å². The zero-order valence-electron chi connectivity index (χ0n) is 16.8. The fraction of sp³-hybridized carbons (Fsp3) is 0.280. The molecule has 3 aromatic carbocycles. The van der Waals surface area contributed by atoms with E-state index < -0.39 is 0 Å². The third kappa shape index (κ3) is 3.77. The second kappa shape index (κ2) is 7.98. The lowest BCUT2D eigenvalue weighted by Gasteiger charge is -2.23. The predicted octanol–water partition coefficient (Wildman–Crippen LogP) is 5.60. The fourth-order valence-electron chi connectivity index (χ4n) is 4.14. The molecule has 3 aromatic rings. The van der Waals surface area contributed by atoms with Gasteiger partial charge in [-0.25, -0.2) is 0 Å². The maximum atomic E-state index is 9.68. The largest absolute Gasteiger partial charge is 0.496 e. The highest BCUT2D eigenvalue weighted by molar-refractivity contribution is 5.52. The molecule has 2 heteroatoms. The van der Waals surface area contributed by atoms with Gasteiger partial charge < -0.3 is 9.84 Å². The van der Waals surface area contributed by atoms with E-state index in [0.717, 1.165) is 33.6 Å². The maximum absolute atomic E-state index is 9.68. The molecule has 0 aliphatic carbocycles. The molecular formula is C25H28O2. The highest BCUT2D eigenvalue weighted by atomic mass is 16.5. The van der Waals surface area contributed by atoms with Gasteiger partial charge in [-0.1, -0.05) is 54.6 Å². The van der Waals surface area contributed by atoms with Crippen molar-refractivity contribution in [1.82, 2.24) is 0 Å². The first-order valence-electron chi connectivity index (χ1n) is 9.37. The van der Waals surface area contributed by atoms with Gasteiger partial charge >= 0.3 is 0 Å². The standard InChI is InChI=1S/C25H28O2/c1-16-11-21(12-17(2)23(16)15-26)24(20-9-7-6-8-10-20)22-13-18(3)25(27-5)19(4)14-22/h6-14,24,26H,15H2,1-5H3. The van der Waals surface area contributed by atoms with E-state index in [-0.39, 0.29) is 12.5 Å². The number of rotatable bonds is 5. The van der Waals surface area contributed by atoms with Crippen molar-refractivity contribution in [3.8, 4) is 5.75 Å². The molecule has 0 aliphatic heterocycles. The minimum atomic E-state index is 0.0781. The van der Waals surface area contributed by atoms with Crippen LogP contribution in [0.2, 0.25) is 0 Å². The zero-order valence-corrected chi connectivity index (χ0v) is 16.8. The average Bonchev–Trinajstić information content (AvgIpc) is 2.62. The van der Waals surface area contributed by atoms with Crippen molar-refractivity contribution in [2.24, 2.45) is 0 Å². The lowest BCUT2D eigenvalue weighted by atomic mass is 9.82. The molecule has 0 fully saturated rings. The fourth-order valence-corrected chi connectivity index (χ4v) is 4.14. The van der Waals surface area contributed by atoms with Crippen LogP contribution in [0, 0.1) is 27.7 Å². The summed E-state index contributed by atoms with van der Waals surface area (Å²) in [6, 6.07) is 19.5. The minimum absolute atomic E-state index is 0.0781. The summed E-state index contributed by atoms with van der Waals surface area (Å²) in [5, 5.41) is 9.68. The highest BCUT2D eigenvalue weighted by Crippen LogP contribution is 2.37. The molecule has 1 N–H and O–H groups in total. The van der Waals surface area contributed by atoms with Crippen LogP contribution in [0.1, 0.15) is 50.4 Å². The Hall–Kier alpha value is -2.58. The Morgan fingerprint density at radius 3 is 1.67 bits per heavy atom. The van der Waals surface area contributed by atoms with Gasteiger partial charge in [0.1, 0.15) is 5.75 Å². The molecule has 1 unspecified atom stereocenters. The van der Waals surface area contributed by atoms with Crippen molar-refractivity contribution in [2.45, 2.75) is 40.2 Å². The van der Waals surface area contributed by atoms with E-state index in [4.69, 9.17) is 4.74 Å². The maximum Gasteiger partial charge on any atom is 0.124 e. The van der Waals surface area contributed by atoms with Gasteiger partial charge in [0.25, 0.3) is 0 Å². The van der Waals surface area contributed by atoms with E-state index in [1.165, 1.54) is 16.7 Å². The summed E-state index contributed by atoms with van der Waals surface area (Å²) in [7, 11) is 1.73. The molecule has 0 saturated carbocycles. The molecule has 0 spiro atoms. The predicted molar refractivity (Wildman–Crippen MR) is 112 cm³/mol. The first kappa shape index (κ1) is 19.2. The summed E-state index contributed by atoms with van der Waals surface area (Å²) >= 11 is 0. The summed E-state index contributed by atoms with van der Waals surface area (Å²) in [4.78, 5) is 0. The van der Waals surface area contributed by atoms with Gasteiger partial charge in [-0.2, -0.15) is 0 Å². The van der Waals surface area contributed by atoms with Crippen LogP contribution in [0.25, 0.3) is 0 Å². The number of aliphatic hydroxyl groups excluding tert-OH is 1. The number of aryl methyl sites for hydroxylation is 4. The summed E-state index contributed by atoms with van der Waals surface area (Å²) in [5.41, 5.74) is 9.35. The zero-order chi connectivity index (χ0) is 19.6. The third-order valence-electron chi connectivity index (χ3n) is 5.36. The van der Waals surface area contributed by atoms with Gasteiger partial charge in [0.2, 0.25) is 0 Å². The SMILES string of the molecule is COc1c(C)cc(C(c2ccccc2)c2cc(C)c(CO)c(C)c2)cc1C. The lowest BCUT2D eigenvalue weighted by molar-refractivity contribution is 0.280. The molecule has 0 bridgehead atoms. The Kier molecular flexibility index (Phi) is 5.67. The first-order valence-corrected chi connectivity index (χ1v) is 9.37. The van der Waals surface area contributed by atoms with Crippen LogP contribution in [0.5, 0.6) is 5.75 Å². The van der Waals surface area contributed by atoms with Crippen molar-refractivity contribution in [3.05, 3.63) is 99.1 Å². The van der Waals surface area contributed by atoms with Crippen molar-refractivity contribution >= 4 is 0 Å². The van der Waals surface area contributed by atoms with Crippen LogP contribution in [0.4, 0.5) is 0 Å².